The normalized spacial score (nSPS) is 12.8. The largest absolute Gasteiger partial charge is 0.375 e. The molecular formula is C14H13Cl2N3S2. The molecule has 0 aliphatic rings. The van der Waals surface area contributed by atoms with Crippen LogP contribution in [-0.4, -0.2) is 8.75 Å². The number of nitrogens with zero attached hydrogens (tertiary/aromatic N) is 2. The third-order valence-electron chi connectivity index (χ3n) is 3.26. The molecule has 0 saturated carbocycles. The number of halogens is 2. The second-order valence-electron chi connectivity index (χ2n) is 4.70. The van der Waals surface area contributed by atoms with Gasteiger partial charge in [-0.1, -0.05) is 30.1 Å². The number of rotatable bonds is 4. The van der Waals surface area contributed by atoms with Crippen molar-refractivity contribution in [3.63, 3.8) is 0 Å². The summed E-state index contributed by atoms with van der Waals surface area (Å²) in [6, 6.07) is 6.19. The van der Waals surface area contributed by atoms with Crippen molar-refractivity contribution in [2.24, 2.45) is 0 Å². The van der Waals surface area contributed by atoms with E-state index in [0.29, 0.717) is 15.6 Å². The highest BCUT2D eigenvalue weighted by Gasteiger charge is 2.17. The van der Waals surface area contributed by atoms with Crippen molar-refractivity contribution in [3.05, 3.63) is 38.0 Å². The molecule has 0 spiro atoms. The van der Waals surface area contributed by atoms with E-state index < -0.39 is 0 Å². The van der Waals surface area contributed by atoms with Crippen molar-refractivity contribution in [2.45, 2.75) is 26.3 Å². The number of hydrogen-bond donors (Lipinski definition) is 1. The molecule has 7 heteroatoms. The molecule has 0 fully saturated rings. The number of hydrogen-bond acceptors (Lipinski definition) is 5. The molecule has 3 aromatic rings. The molecule has 1 atom stereocenters. The van der Waals surface area contributed by atoms with Gasteiger partial charge in [0.15, 0.2) is 0 Å². The smallest absolute Gasteiger partial charge is 0.130 e. The molecule has 3 nitrogen and oxygen atoms in total. The highest BCUT2D eigenvalue weighted by molar-refractivity contribution is 7.12. The van der Waals surface area contributed by atoms with E-state index in [1.165, 1.54) is 9.75 Å². The van der Waals surface area contributed by atoms with E-state index in [1.807, 2.05) is 11.3 Å². The monoisotopic (exact) mass is 357 g/mol. The molecular weight excluding hydrogens is 345 g/mol. The van der Waals surface area contributed by atoms with E-state index in [-0.39, 0.29) is 6.04 Å². The van der Waals surface area contributed by atoms with Gasteiger partial charge in [-0.15, -0.1) is 11.3 Å². The number of anilines is 1. The zero-order valence-electron chi connectivity index (χ0n) is 11.5. The van der Waals surface area contributed by atoms with Crippen LogP contribution in [0.25, 0.3) is 11.0 Å². The lowest BCUT2D eigenvalue weighted by Crippen LogP contribution is -2.06. The van der Waals surface area contributed by atoms with Crippen LogP contribution < -0.4 is 5.32 Å². The summed E-state index contributed by atoms with van der Waals surface area (Å²) in [5, 5.41) is 4.55. The molecule has 1 unspecified atom stereocenters. The number of aromatic nitrogens is 2. The van der Waals surface area contributed by atoms with Gasteiger partial charge in [-0.05, 0) is 31.5 Å². The Morgan fingerprint density at radius 2 is 1.95 bits per heavy atom. The Labute approximate surface area is 141 Å². The Morgan fingerprint density at radius 3 is 2.67 bits per heavy atom. The SMILES string of the molecule is CCc1ccc(C(C)Nc2c(Cl)cc(Cl)c3nsnc23)s1. The van der Waals surface area contributed by atoms with E-state index in [0.717, 1.165) is 29.4 Å². The van der Waals surface area contributed by atoms with Crippen molar-refractivity contribution in [1.82, 2.24) is 8.75 Å². The van der Waals surface area contributed by atoms with E-state index in [9.17, 15) is 0 Å². The predicted molar refractivity (Wildman–Crippen MR) is 93.2 cm³/mol. The van der Waals surface area contributed by atoms with Gasteiger partial charge in [0.1, 0.15) is 11.0 Å². The maximum Gasteiger partial charge on any atom is 0.130 e. The Hall–Kier alpha value is -0.880. The number of thiophene rings is 1. The maximum atomic E-state index is 6.32. The van der Waals surface area contributed by atoms with Crippen LogP contribution in [0.5, 0.6) is 0 Å². The van der Waals surface area contributed by atoms with E-state index in [4.69, 9.17) is 23.2 Å². The highest BCUT2D eigenvalue weighted by atomic mass is 35.5. The summed E-state index contributed by atoms with van der Waals surface area (Å²) in [4.78, 5) is 2.65. The van der Waals surface area contributed by atoms with Crippen molar-refractivity contribution in [1.29, 1.82) is 0 Å². The van der Waals surface area contributed by atoms with Gasteiger partial charge in [-0.2, -0.15) is 8.75 Å². The van der Waals surface area contributed by atoms with Gasteiger partial charge < -0.3 is 5.32 Å². The minimum Gasteiger partial charge on any atom is -0.375 e. The fraction of sp³-hybridized carbons (Fsp3) is 0.286. The van der Waals surface area contributed by atoms with Gasteiger partial charge in [-0.25, -0.2) is 0 Å². The Balaban J connectivity index is 1.96. The van der Waals surface area contributed by atoms with Gasteiger partial charge in [-0.3, -0.25) is 0 Å². The van der Waals surface area contributed by atoms with E-state index in [1.54, 1.807) is 6.07 Å². The number of fused-ring (bicyclic) bond motifs is 1. The summed E-state index contributed by atoms with van der Waals surface area (Å²) >= 11 is 15.4. The van der Waals surface area contributed by atoms with Crippen LogP contribution in [-0.2, 0) is 6.42 Å². The minimum absolute atomic E-state index is 0.152. The molecule has 0 saturated heterocycles. The van der Waals surface area contributed by atoms with Crippen LogP contribution >= 0.6 is 46.3 Å². The second-order valence-corrected chi connectivity index (χ2v) is 7.24. The quantitative estimate of drug-likeness (QED) is 0.641. The molecule has 2 aromatic heterocycles. The Kier molecular flexibility index (Phi) is 4.36. The molecule has 0 radical (unpaired) electrons. The summed E-state index contributed by atoms with van der Waals surface area (Å²) in [6.45, 7) is 4.27. The topological polar surface area (TPSA) is 37.8 Å². The molecule has 0 bridgehead atoms. The minimum atomic E-state index is 0.152. The summed E-state index contributed by atoms with van der Waals surface area (Å²) in [5.41, 5.74) is 2.22. The fourth-order valence-electron chi connectivity index (χ4n) is 2.12. The lowest BCUT2D eigenvalue weighted by Gasteiger charge is -2.15. The van der Waals surface area contributed by atoms with Crippen LogP contribution in [0.1, 0.15) is 29.6 Å². The van der Waals surface area contributed by atoms with Crippen LogP contribution in [0, 0.1) is 0 Å². The van der Waals surface area contributed by atoms with E-state index >= 15 is 0 Å². The van der Waals surface area contributed by atoms with Crippen LogP contribution in [0.15, 0.2) is 18.2 Å². The average molecular weight is 358 g/mol. The summed E-state index contributed by atoms with van der Waals surface area (Å²) in [7, 11) is 0. The molecule has 0 aliphatic carbocycles. The second kappa shape index (κ2) is 6.08. The lowest BCUT2D eigenvalue weighted by atomic mass is 10.2. The van der Waals surface area contributed by atoms with Crippen molar-refractivity contribution >= 4 is 63.0 Å². The molecule has 2 heterocycles. The standard InChI is InChI=1S/C14H13Cl2N3S2/c1-3-8-4-5-11(20-8)7(2)17-12-9(15)6-10(16)13-14(12)19-21-18-13/h4-7,17H,3H2,1-2H3. The van der Waals surface area contributed by atoms with Gasteiger partial charge in [0.2, 0.25) is 0 Å². The molecule has 0 aliphatic heterocycles. The van der Waals surface area contributed by atoms with E-state index in [2.05, 4.69) is 40.0 Å². The fourth-order valence-corrected chi connectivity index (χ4v) is 4.24. The highest BCUT2D eigenvalue weighted by Crippen LogP contribution is 2.37. The average Bonchev–Trinajstić information content (AvgIpc) is 3.11. The summed E-state index contributed by atoms with van der Waals surface area (Å²) in [6.07, 6.45) is 1.05. The molecule has 110 valence electrons. The van der Waals surface area contributed by atoms with Crippen LogP contribution in [0.4, 0.5) is 5.69 Å². The zero-order chi connectivity index (χ0) is 15.0. The first-order valence-electron chi connectivity index (χ1n) is 6.55. The van der Waals surface area contributed by atoms with Gasteiger partial charge in [0, 0.05) is 9.75 Å². The van der Waals surface area contributed by atoms with Crippen LogP contribution in [0.3, 0.4) is 0 Å². The van der Waals surface area contributed by atoms with Crippen molar-refractivity contribution in [2.75, 3.05) is 5.32 Å². The van der Waals surface area contributed by atoms with Gasteiger partial charge in [0.05, 0.1) is 33.5 Å². The molecule has 1 N–H and O–H groups in total. The first-order chi connectivity index (χ1) is 10.1. The molecule has 21 heavy (non-hydrogen) atoms. The van der Waals surface area contributed by atoms with Crippen molar-refractivity contribution in [3.8, 4) is 0 Å². The van der Waals surface area contributed by atoms with Gasteiger partial charge in [0.25, 0.3) is 0 Å². The molecule has 1 aromatic carbocycles. The van der Waals surface area contributed by atoms with Gasteiger partial charge >= 0.3 is 0 Å². The molecule has 3 rings (SSSR count). The Bertz CT molecular complexity index is 782. The maximum absolute atomic E-state index is 6.32. The predicted octanol–water partition coefficient (Wildman–Crippen LogP) is 5.80. The first-order valence-corrected chi connectivity index (χ1v) is 8.85. The Morgan fingerprint density at radius 1 is 1.19 bits per heavy atom. The first kappa shape index (κ1) is 15.0. The lowest BCUT2D eigenvalue weighted by molar-refractivity contribution is 0.910. The summed E-state index contributed by atoms with van der Waals surface area (Å²) in [5.74, 6) is 0. The third kappa shape index (κ3) is 2.88. The summed E-state index contributed by atoms with van der Waals surface area (Å²) < 4.78 is 8.53. The number of nitrogens with one attached hydrogen (secondary N) is 1. The number of aryl methyl sites for hydroxylation is 1. The number of benzene rings is 1. The third-order valence-corrected chi connectivity index (χ3v) is 5.79. The zero-order valence-corrected chi connectivity index (χ0v) is 14.6. The van der Waals surface area contributed by atoms with Crippen LogP contribution in [0.2, 0.25) is 10.0 Å². The van der Waals surface area contributed by atoms with Crippen molar-refractivity contribution < 1.29 is 0 Å². The molecule has 0 amide bonds.